The molecule has 3 N–H and O–H groups in total. The van der Waals surface area contributed by atoms with E-state index in [1.807, 2.05) is 48.9 Å². The molecule has 180 valence electrons. The number of nitrogens with one attached hydrogen (secondary N) is 3. The number of hydrogen-bond donors (Lipinski definition) is 3. The van der Waals surface area contributed by atoms with Crippen LogP contribution in [0, 0.1) is 5.92 Å². The standard InChI is InChI=1S/C24H29N5O4S/c1-17(2)16-26-23(30)28-34(32,33)20-11-8-18(9-12-20)14-15-25-24(31)29(3)22-13-10-19-6-4-5-7-21(19)27-22/h4-13,17H,14-16H2,1-3H3,(H,25,31)(H2,26,28,30). The van der Waals surface area contributed by atoms with Crippen LogP contribution in [0.5, 0.6) is 0 Å². The highest BCUT2D eigenvalue weighted by atomic mass is 32.2. The van der Waals surface area contributed by atoms with Crippen LogP contribution in [0.25, 0.3) is 10.9 Å². The first-order valence-electron chi connectivity index (χ1n) is 10.9. The number of fused-ring (bicyclic) bond motifs is 1. The molecule has 34 heavy (non-hydrogen) atoms. The van der Waals surface area contributed by atoms with Gasteiger partial charge in [-0.3, -0.25) is 4.90 Å². The average molecular weight is 484 g/mol. The zero-order valence-corrected chi connectivity index (χ0v) is 20.2. The fourth-order valence-electron chi connectivity index (χ4n) is 3.13. The normalized spacial score (nSPS) is 11.3. The minimum atomic E-state index is -3.96. The Bertz CT molecular complexity index is 1260. The smallest absolute Gasteiger partial charge is 0.328 e. The van der Waals surface area contributed by atoms with E-state index >= 15 is 0 Å². The molecule has 0 spiro atoms. The first-order valence-corrected chi connectivity index (χ1v) is 12.4. The molecule has 0 atom stereocenters. The van der Waals surface area contributed by atoms with Crippen LogP contribution in [0.4, 0.5) is 15.4 Å². The molecule has 4 amide bonds. The lowest BCUT2D eigenvalue weighted by atomic mass is 10.1. The Morgan fingerprint density at radius 3 is 2.38 bits per heavy atom. The van der Waals surface area contributed by atoms with Crippen molar-refractivity contribution in [2.45, 2.75) is 25.2 Å². The van der Waals surface area contributed by atoms with Gasteiger partial charge in [-0.2, -0.15) is 0 Å². The molecule has 0 saturated carbocycles. The van der Waals surface area contributed by atoms with Crippen molar-refractivity contribution in [2.75, 3.05) is 25.0 Å². The molecule has 0 aliphatic rings. The number of sulfonamides is 1. The summed E-state index contributed by atoms with van der Waals surface area (Å²) in [6.45, 7) is 4.55. The van der Waals surface area contributed by atoms with Gasteiger partial charge >= 0.3 is 12.1 Å². The van der Waals surface area contributed by atoms with Gasteiger partial charge in [0.05, 0.1) is 10.4 Å². The molecule has 3 rings (SSSR count). The zero-order chi connectivity index (χ0) is 24.7. The molecule has 3 aromatic rings. The molecule has 1 aromatic heterocycles. The summed E-state index contributed by atoms with van der Waals surface area (Å²) < 4.78 is 26.7. The van der Waals surface area contributed by atoms with Crippen molar-refractivity contribution in [3.63, 3.8) is 0 Å². The van der Waals surface area contributed by atoms with Gasteiger partial charge in [0, 0.05) is 25.5 Å². The van der Waals surface area contributed by atoms with Crippen LogP contribution in [0.1, 0.15) is 19.4 Å². The van der Waals surface area contributed by atoms with E-state index < -0.39 is 16.1 Å². The first-order chi connectivity index (χ1) is 16.2. The lowest BCUT2D eigenvalue weighted by molar-refractivity contribution is 0.244. The van der Waals surface area contributed by atoms with Crippen molar-refractivity contribution in [3.05, 3.63) is 66.2 Å². The number of nitrogens with zero attached hydrogens (tertiary/aromatic N) is 2. The first kappa shape index (κ1) is 25.0. The number of para-hydroxylation sites is 1. The molecule has 0 saturated heterocycles. The van der Waals surface area contributed by atoms with Crippen molar-refractivity contribution in [2.24, 2.45) is 5.92 Å². The van der Waals surface area contributed by atoms with Crippen molar-refractivity contribution in [1.82, 2.24) is 20.3 Å². The minimum Gasteiger partial charge on any atom is -0.337 e. The van der Waals surface area contributed by atoms with Crippen LogP contribution in [-0.4, -0.2) is 45.6 Å². The van der Waals surface area contributed by atoms with Crippen LogP contribution in [0.3, 0.4) is 0 Å². The second-order valence-corrected chi connectivity index (χ2v) is 9.94. The van der Waals surface area contributed by atoms with Gasteiger partial charge in [0.2, 0.25) is 0 Å². The predicted molar refractivity (Wildman–Crippen MR) is 132 cm³/mol. The maximum Gasteiger partial charge on any atom is 0.328 e. The highest BCUT2D eigenvalue weighted by Crippen LogP contribution is 2.17. The number of urea groups is 2. The number of benzene rings is 2. The van der Waals surface area contributed by atoms with Crippen LogP contribution in [-0.2, 0) is 16.4 Å². The number of aromatic nitrogens is 1. The summed E-state index contributed by atoms with van der Waals surface area (Å²) in [6.07, 6.45) is 0.507. The largest absolute Gasteiger partial charge is 0.337 e. The van der Waals surface area contributed by atoms with Crippen LogP contribution in [0.15, 0.2) is 65.6 Å². The Balaban J connectivity index is 1.51. The Morgan fingerprint density at radius 1 is 0.971 bits per heavy atom. The number of hydrogen-bond acceptors (Lipinski definition) is 5. The monoisotopic (exact) mass is 483 g/mol. The summed E-state index contributed by atoms with van der Waals surface area (Å²) >= 11 is 0. The highest BCUT2D eigenvalue weighted by molar-refractivity contribution is 7.90. The maximum absolute atomic E-state index is 12.5. The summed E-state index contributed by atoms with van der Waals surface area (Å²) in [5.41, 5.74) is 1.65. The molecular formula is C24H29N5O4S. The van der Waals surface area contributed by atoms with Gasteiger partial charge < -0.3 is 10.6 Å². The minimum absolute atomic E-state index is 0.0119. The lowest BCUT2D eigenvalue weighted by Gasteiger charge is -2.17. The summed E-state index contributed by atoms with van der Waals surface area (Å²) in [7, 11) is -2.31. The SMILES string of the molecule is CC(C)CNC(=O)NS(=O)(=O)c1ccc(CCNC(=O)N(C)c2ccc3ccccc3n2)cc1. The van der Waals surface area contributed by atoms with E-state index in [4.69, 9.17) is 0 Å². The Labute approximate surface area is 199 Å². The summed E-state index contributed by atoms with van der Waals surface area (Å²) in [6, 6.07) is 16.5. The van der Waals surface area contributed by atoms with E-state index in [9.17, 15) is 18.0 Å². The van der Waals surface area contributed by atoms with E-state index in [-0.39, 0.29) is 16.8 Å². The van der Waals surface area contributed by atoms with E-state index in [1.165, 1.54) is 17.0 Å². The van der Waals surface area contributed by atoms with Gasteiger partial charge in [-0.05, 0) is 48.2 Å². The maximum atomic E-state index is 12.5. The van der Waals surface area contributed by atoms with Gasteiger partial charge in [-0.1, -0.05) is 44.2 Å². The van der Waals surface area contributed by atoms with Crippen LogP contribution < -0.4 is 20.3 Å². The lowest BCUT2D eigenvalue weighted by Crippen LogP contribution is -2.40. The molecule has 0 fully saturated rings. The van der Waals surface area contributed by atoms with E-state index in [1.54, 1.807) is 25.2 Å². The second kappa shape index (κ2) is 11.0. The van der Waals surface area contributed by atoms with Crippen LogP contribution >= 0.6 is 0 Å². The average Bonchev–Trinajstić information content (AvgIpc) is 2.82. The van der Waals surface area contributed by atoms with Gasteiger partial charge in [0.1, 0.15) is 5.82 Å². The Morgan fingerprint density at radius 2 is 1.68 bits per heavy atom. The number of rotatable bonds is 8. The molecule has 0 bridgehead atoms. The number of anilines is 1. The van der Waals surface area contributed by atoms with Crippen molar-refractivity contribution in [1.29, 1.82) is 0 Å². The van der Waals surface area contributed by atoms with Gasteiger partial charge in [0.15, 0.2) is 0 Å². The van der Waals surface area contributed by atoms with Crippen LogP contribution in [0.2, 0.25) is 0 Å². The second-order valence-electron chi connectivity index (χ2n) is 8.26. The summed E-state index contributed by atoms with van der Waals surface area (Å²) in [5.74, 6) is 0.743. The summed E-state index contributed by atoms with van der Waals surface area (Å²) in [4.78, 5) is 30.2. The molecule has 1 heterocycles. The van der Waals surface area contributed by atoms with Gasteiger partial charge in [0.25, 0.3) is 10.0 Å². The molecule has 2 aromatic carbocycles. The molecule has 0 radical (unpaired) electrons. The third-order valence-electron chi connectivity index (χ3n) is 5.05. The predicted octanol–water partition coefficient (Wildman–Crippen LogP) is 3.27. The molecule has 10 heteroatoms. The van der Waals surface area contributed by atoms with Gasteiger partial charge in [-0.25, -0.2) is 27.7 Å². The van der Waals surface area contributed by atoms with Crippen molar-refractivity contribution in [3.8, 4) is 0 Å². The fraction of sp³-hybridized carbons (Fsp3) is 0.292. The third-order valence-corrected chi connectivity index (χ3v) is 6.40. The summed E-state index contributed by atoms with van der Waals surface area (Å²) in [5, 5.41) is 6.34. The van der Waals surface area contributed by atoms with E-state index in [0.717, 1.165) is 16.5 Å². The number of pyridine rings is 1. The van der Waals surface area contributed by atoms with Crippen molar-refractivity contribution < 1.29 is 18.0 Å². The topological polar surface area (TPSA) is 120 Å². The number of carbonyl (C=O) groups is 2. The van der Waals surface area contributed by atoms with Gasteiger partial charge in [-0.15, -0.1) is 0 Å². The Hall–Kier alpha value is -3.66. The Kier molecular flexibility index (Phi) is 8.06. The third kappa shape index (κ3) is 6.67. The molecule has 0 aliphatic heterocycles. The van der Waals surface area contributed by atoms with E-state index in [2.05, 4.69) is 15.6 Å². The fourth-order valence-corrected chi connectivity index (χ4v) is 4.06. The molecule has 0 unspecified atom stereocenters. The molecular weight excluding hydrogens is 454 g/mol. The molecule has 9 nitrogen and oxygen atoms in total. The zero-order valence-electron chi connectivity index (χ0n) is 19.4. The van der Waals surface area contributed by atoms with Crippen molar-refractivity contribution >= 4 is 38.8 Å². The molecule has 0 aliphatic carbocycles. The van der Waals surface area contributed by atoms with E-state index in [0.29, 0.717) is 25.3 Å². The number of carbonyl (C=O) groups excluding carboxylic acids is 2. The quantitative estimate of drug-likeness (QED) is 0.454. The highest BCUT2D eigenvalue weighted by Gasteiger charge is 2.17. The number of amides is 4.